The Labute approximate surface area is 170 Å². The van der Waals surface area contributed by atoms with Crippen LogP contribution in [0.1, 0.15) is 52.6 Å². The van der Waals surface area contributed by atoms with Crippen LogP contribution in [0.2, 0.25) is 0 Å². The fourth-order valence-corrected chi connectivity index (χ4v) is 3.97. The third-order valence-electron chi connectivity index (χ3n) is 5.62. The summed E-state index contributed by atoms with van der Waals surface area (Å²) in [6, 6.07) is 3.92. The summed E-state index contributed by atoms with van der Waals surface area (Å²) in [6.07, 6.45) is 6.41. The fraction of sp³-hybridized carbons (Fsp3) is 0.476. The lowest BCUT2D eigenvalue weighted by molar-refractivity contribution is 0.0956. The Balaban J connectivity index is 1.29. The number of hydrogen-bond acceptors (Lipinski definition) is 6. The maximum Gasteiger partial charge on any atom is 0.257 e. The third-order valence-corrected chi connectivity index (χ3v) is 5.62. The monoisotopic (exact) mass is 397 g/mol. The van der Waals surface area contributed by atoms with Crippen LogP contribution in [0.4, 0.5) is 5.69 Å². The minimum absolute atomic E-state index is 0.0244. The molecule has 154 valence electrons. The van der Waals surface area contributed by atoms with Crippen LogP contribution in [0.15, 0.2) is 24.5 Å². The third kappa shape index (κ3) is 4.49. The van der Waals surface area contributed by atoms with Gasteiger partial charge in [0.05, 0.1) is 23.0 Å². The van der Waals surface area contributed by atoms with Gasteiger partial charge < -0.3 is 19.9 Å². The number of nitrogens with one attached hydrogen (secondary N) is 3. The van der Waals surface area contributed by atoms with Gasteiger partial charge in [0.25, 0.3) is 5.91 Å². The predicted molar refractivity (Wildman–Crippen MR) is 109 cm³/mol. The summed E-state index contributed by atoms with van der Waals surface area (Å²) in [6.45, 7) is 5.82. The quantitative estimate of drug-likeness (QED) is 0.620. The van der Waals surface area contributed by atoms with Crippen molar-refractivity contribution in [2.45, 2.75) is 38.6 Å². The van der Waals surface area contributed by atoms with Gasteiger partial charge in [-0.3, -0.25) is 14.9 Å². The number of nitrogens with zero attached hydrogens (tertiary/aromatic N) is 2. The van der Waals surface area contributed by atoms with E-state index >= 15 is 0 Å². The van der Waals surface area contributed by atoms with Crippen molar-refractivity contribution >= 4 is 17.4 Å². The first kappa shape index (κ1) is 19.6. The number of aromatic nitrogens is 2. The molecule has 1 saturated heterocycles. The zero-order valence-corrected chi connectivity index (χ0v) is 16.7. The summed E-state index contributed by atoms with van der Waals surface area (Å²) in [4.78, 5) is 34.5. The lowest BCUT2D eigenvalue weighted by Crippen LogP contribution is -2.35. The number of ether oxygens (including phenoxy) is 1. The number of likely N-dealkylation sites (tertiary alicyclic amines) is 1. The van der Waals surface area contributed by atoms with Crippen molar-refractivity contribution in [3.63, 3.8) is 0 Å². The first-order chi connectivity index (χ1) is 14.1. The Morgan fingerprint density at radius 1 is 1.38 bits per heavy atom. The molecular weight excluding hydrogens is 370 g/mol. The number of ketones is 1. The highest BCUT2D eigenvalue weighted by atomic mass is 16.5. The van der Waals surface area contributed by atoms with E-state index in [-0.39, 0.29) is 11.7 Å². The number of aromatic amines is 1. The largest absolute Gasteiger partial charge is 0.462 e. The summed E-state index contributed by atoms with van der Waals surface area (Å²) in [5.41, 5.74) is 2.33. The summed E-state index contributed by atoms with van der Waals surface area (Å²) in [5.74, 6) is 0.211. The highest BCUT2D eigenvalue weighted by Crippen LogP contribution is 2.25. The number of hydrogen-bond donors (Lipinski definition) is 3. The van der Waals surface area contributed by atoms with Crippen molar-refractivity contribution < 1.29 is 14.3 Å². The standard InChI is InChI=1S/C21H27N5O3/c1-2-26-9-8-15(12-26)24-13-29-19-7-6-14(10-23-19)25-21(28)16-11-22-17-4-3-5-18(27)20(16)17/h6-7,10-11,15,22,24H,2-5,8-9,12-13H2,1H3,(H,25,28). The van der Waals surface area contributed by atoms with Crippen LogP contribution in [-0.4, -0.2) is 59.0 Å². The minimum Gasteiger partial charge on any atom is -0.462 e. The smallest absolute Gasteiger partial charge is 0.257 e. The maximum absolute atomic E-state index is 12.6. The number of anilines is 1. The van der Waals surface area contributed by atoms with Crippen molar-refractivity contribution in [2.24, 2.45) is 0 Å². The van der Waals surface area contributed by atoms with Gasteiger partial charge >= 0.3 is 0 Å². The lowest BCUT2D eigenvalue weighted by atomic mass is 9.93. The summed E-state index contributed by atoms with van der Waals surface area (Å²) in [5, 5.41) is 6.19. The first-order valence-electron chi connectivity index (χ1n) is 10.2. The molecule has 0 radical (unpaired) electrons. The van der Waals surface area contributed by atoms with E-state index in [2.05, 4.69) is 32.4 Å². The molecule has 1 unspecified atom stereocenters. The van der Waals surface area contributed by atoms with Crippen LogP contribution in [0.25, 0.3) is 0 Å². The Bertz CT molecular complexity index is 877. The minimum atomic E-state index is -0.309. The summed E-state index contributed by atoms with van der Waals surface area (Å²) < 4.78 is 5.65. The van der Waals surface area contributed by atoms with Gasteiger partial charge in [-0.15, -0.1) is 0 Å². The molecule has 29 heavy (non-hydrogen) atoms. The van der Waals surface area contributed by atoms with Crippen molar-refractivity contribution in [3.05, 3.63) is 41.3 Å². The number of amides is 1. The Morgan fingerprint density at radius 3 is 3.03 bits per heavy atom. The van der Waals surface area contributed by atoms with E-state index in [1.54, 1.807) is 24.5 Å². The van der Waals surface area contributed by atoms with Gasteiger partial charge in [0.2, 0.25) is 5.88 Å². The normalized spacial score (nSPS) is 19.2. The van der Waals surface area contributed by atoms with Crippen LogP contribution in [0.5, 0.6) is 5.88 Å². The van der Waals surface area contributed by atoms with Crippen LogP contribution < -0.4 is 15.4 Å². The number of rotatable bonds is 7. The number of pyridine rings is 1. The Hall–Kier alpha value is -2.71. The highest BCUT2D eigenvalue weighted by Gasteiger charge is 2.26. The second-order valence-corrected chi connectivity index (χ2v) is 7.54. The molecule has 1 fully saturated rings. The van der Waals surface area contributed by atoms with Crippen molar-refractivity contribution in [2.75, 3.05) is 31.7 Å². The SMILES string of the molecule is CCN1CCC(NCOc2ccc(NC(=O)c3c[nH]c4c3C(=O)CCC4)cn2)C1. The number of aryl methyl sites for hydroxylation is 1. The van der Waals surface area contributed by atoms with Gasteiger partial charge in [-0.25, -0.2) is 4.98 Å². The molecule has 2 aromatic rings. The van der Waals surface area contributed by atoms with Gasteiger partial charge in [0.1, 0.15) is 6.73 Å². The second kappa shape index (κ2) is 8.75. The molecule has 1 aliphatic carbocycles. The Kier molecular flexibility index (Phi) is 5.92. The van der Waals surface area contributed by atoms with Crippen LogP contribution in [0.3, 0.4) is 0 Å². The first-order valence-corrected chi connectivity index (χ1v) is 10.2. The van der Waals surface area contributed by atoms with Crippen LogP contribution in [0, 0.1) is 0 Å². The lowest BCUT2D eigenvalue weighted by Gasteiger charge is -2.15. The highest BCUT2D eigenvalue weighted by molar-refractivity contribution is 6.13. The Morgan fingerprint density at radius 2 is 2.28 bits per heavy atom. The molecule has 2 aromatic heterocycles. The number of carbonyl (C=O) groups is 2. The maximum atomic E-state index is 12.6. The predicted octanol–water partition coefficient (Wildman–Crippen LogP) is 2.20. The van der Waals surface area contributed by atoms with E-state index < -0.39 is 0 Å². The van der Waals surface area contributed by atoms with Gasteiger partial charge in [-0.05, 0) is 38.4 Å². The molecule has 3 N–H and O–H groups in total. The van der Waals surface area contributed by atoms with E-state index in [4.69, 9.17) is 4.74 Å². The fourth-order valence-electron chi connectivity index (χ4n) is 3.97. The van der Waals surface area contributed by atoms with E-state index in [1.807, 2.05) is 0 Å². The molecule has 4 rings (SSSR count). The number of fused-ring (bicyclic) bond motifs is 1. The number of likely N-dealkylation sites (N-methyl/N-ethyl adjacent to an activating group) is 1. The van der Waals surface area contributed by atoms with Crippen molar-refractivity contribution in [1.82, 2.24) is 20.2 Å². The molecule has 3 heterocycles. The molecule has 1 aliphatic heterocycles. The van der Waals surface area contributed by atoms with Gasteiger partial charge in [-0.2, -0.15) is 0 Å². The molecule has 8 nitrogen and oxygen atoms in total. The molecule has 1 amide bonds. The van der Waals surface area contributed by atoms with E-state index in [1.165, 1.54) is 0 Å². The van der Waals surface area contributed by atoms with Crippen LogP contribution >= 0.6 is 0 Å². The zero-order chi connectivity index (χ0) is 20.2. The summed E-state index contributed by atoms with van der Waals surface area (Å²) >= 11 is 0. The second-order valence-electron chi connectivity index (χ2n) is 7.54. The van der Waals surface area contributed by atoms with Crippen molar-refractivity contribution in [1.29, 1.82) is 0 Å². The molecule has 0 bridgehead atoms. The average Bonchev–Trinajstić information content (AvgIpc) is 3.37. The van der Waals surface area contributed by atoms with Crippen LogP contribution in [-0.2, 0) is 6.42 Å². The van der Waals surface area contributed by atoms with Gasteiger partial charge in [-0.1, -0.05) is 6.92 Å². The zero-order valence-electron chi connectivity index (χ0n) is 16.7. The molecular formula is C21H27N5O3. The molecule has 0 aromatic carbocycles. The summed E-state index contributed by atoms with van der Waals surface area (Å²) in [7, 11) is 0. The molecule has 0 saturated carbocycles. The van der Waals surface area contributed by atoms with E-state index in [9.17, 15) is 9.59 Å². The molecule has 8 heteroatoms. The molecule has 2 aliphatic rings. The van der Waals surface area contributed by atoms with Crippen molar-refractivity contribution in [3.8, 4) is 5.88 Å². The topological polar surface area (TPSA) is 99.4 Å². The van der Waals surface area contributed by atoms with Gasteiger partial charge in [0.15, 0.2) is 5.78 Å². The average molecular weight is 397 g/mol. The number of H-pyrrole nitrogens is 1. The number of Topliss-reactive ketones (excluding diaryl/α,β-unsaturated/α-hetero) is 1. The van der Waals surface area contributed by atoms with E-state index in [0.29, 0.717) is 41.9 Å². The number of carbonyl (C=O) groups excluding carboxylic acids is 2. The van der Waals surface area contributed by atoms with Gasteiger partial charge in [0, 0.05) is 37.0 Å². The van der Waals surface area contributed by atoms with E-state index in [0.717, 1.165) is 44.6 Å². The molecule has 0 spiro atoms. The molecule has 1 atom stereocenters.